The molecule has 2 N–H and O–H groups in total. The van der Waals surface area contributed by atoms with Gasteiger partial charge in [-0.05, 0) is 48.7 Å². The minimum Gasteiger partial charge on any atom is -0.366 e. The van der Waals surface area contributed by atoms with Gasteiger partial charge in [-0.3, -0.25) is 4.72 Å². The summed E-state index contributed by atoms with van der Waals surface area (Å²) in [4.78, 5) is 4.52. The lowest BCUT2D eigenvalue weighted by molar-refractivity contribution is 0.601. The van der Waals surface area contributed by atoms with Crippen molar-refractivity contribution in [2.24, 2.45) is 0 Å². The molecule has 1 heterocycles. The number of benzene rings is 2. The number of pyridine rings is 1. The van der Waals surface area contributed by atoms with Crippen LogP contribution in [0.25, 0.3) is 0 Å². The Labute approximate surface area is 160 Å². The van der Waals surface area contributed by atoms with Crippen LogP contribution >= 0.6 is 0 Å². The molecule has 0 aliphatic heterocycles. The van der Waals surface area contributed by atoms with Gasteiger partial charge in [0.05, 0.1) is 16.8 Å². The molecule has 0 bridgehead atoms. The maximum Gasteiger partial charge on any atom is 0.261 e. The normalized spacial score (nSPS) is 11.2. The number of aryl methyl sites for hydroxylation is 2. The molecule has 6 heteroatoms. The molecule has 3 rings (SSSR count). The molecule has 140 valence electrons. The largest absolute Gasteiger partial charge is 0.366 e. The smallest absolute Gasteiger partial charge is 0.261 e. The Bertz CT molecular complexity index is 998. The summed E-state index contributed by atoms with van der Waals surface area (Å²) in [5.74, 6) is 0.687. The number of nitrogens with one attached hydrogen (secondary N) is 2. The van der Waals surface area contributed by atoms with Crippen LogP contribution in [0.4, 0.5) is 11.5 Å². The molecule has 0 fully saturated rings. The van der Waals surface area contributed by atoms with Gasteiger partial charge >= 0.3 is 0 Å². The molecule has 0 spiro atoms. The lowest BCUT2D eigenvalue weighted by atomic mass is 10.1. The van der Waals surface area contributed by atoms with E-state index < -0.39 is 10.0 Å². The summed E-state index contributed by atoms with van der Waals surface area (Å²) >= 11 is 0. The topological polar surface area (TPSA) is 71.1 Å². The number of hydrogen-bond donors (Lipinski definition) is 2. The van der Waals surface area contributed by atoms with Crippen molar-refractivity contribution in [2.75, 3.05) is 10.0 Å². The summed E-state index contributed by atoms with van der Waals surface area (Å²) in [7, 11) is -3.62. The number of aromatic nitrogens is 1. The van der Waals surface area contributed by atoms with Crippen LogP contribution < -0.4 is 10.0 Å². The summed E-state index contributed by atoms with van der Waals surface area (Å²) in [6.45, 7) is 4.74. The SMILES string of the molecule is CCc1ccc(S(=O)(=O)Nc2ccc(NCc3cccc(C)c3)nc2)cc1. The molecule has 0 saturated heterocycles. The van der Waals surface area contributed by atoms with Gasteiger partial charge in [0, 0.05) is 6.54 Å². The molecule has 27 heavy (non-hydrogen) atoms. The highest BCUT2D eigenvalue weighted by atomic mass is 32.2. The van der Waals surface area contributed by atoms with E-state index in [-0.39, 0.29) is 4.90 Å². The molecular weight excluding hydrogens is 358 g/mol. The maximum absolute atomic E-state index is 12.5. The fourth-order valence-corrected chi connectivity index (χ4v) is 3.74. The Balaban J connectivity index is 1.64. The molecule has 0 atom stereocenters. The first kappa shape index (κ1) is 18.9. The van der Waals surface area contributed by atoms with Crippen molar-refractivity contribution in [1.29, 1.82) is 0 Å². The van der Waals surface area contributed by atoms with E-state index in [1.807, 2.05) is 31.2 Å². The minimum absolute atomic E-state index is 0.237. The quantitative estimate of drug-likeness (QED) is 0.638. The molecule has 0 aliphatic carbocycles. The third kappa shape index (κ3) is 5.08. The number of anilines is 2. The van der Waals surface area contributed by atoms with E-state index in [1.165, 1.54) is 11.8 Å². The van der Waals surface area contributed by atoms with E-state index in [1.54, 1.807) is 24.3 Å². The van der Waals surface area contributed by atoms with E-state index in [9.17, 15) is 8.42 Å². The zero-order valence-electron chi connectivity index (χ0n) is 15.4. The van der Waals surface area contributed by atoms with Crippen molar-refractivity contribution < 1.29 is 8.42 Å². The first-order chi connectivity index (χ1) is 13.0. The van der Waals surface area contributed by atoms with Gasteiger partial charge in [0.2, 0.25) is 0 Å². The zero-order chi connectivity index (χ0) is 19.3. The van der Waals surface area contributed by atoms with Crippen molar-refractivity contribution in [3.8, 4) is 0 Å². The van der Waals surface area contributed by atoms with Gasteiger partial charge in [-0.1, -0.05) is 48.9 Å². The summed E-state index contributed by atoms with van der Waals surface area (Å²) in [6.07, 6.45) is 2.38. The molecular formula is C21H23N3O2S. The average Bonchev–Trinajstić information content (AvgIpc) is 2.67. The van der Waals surface area contributed by atoms with Crippen LogP contribution in [0.5, 0.6) is 0 Å². The van der Waals surface area contributed by atoms with Gasteiger partial charge in [-0.25, -0.2) is 13.4 Å². The van der Waals surface area contributed by atoms with Crippen LogP contribution in [-0.2, 0) is 23.0 Å². The fourth-order valence-electron chi connectivity index (χ4n) is 2.69. The molecule has 5 nitrogen and oxygen atoms in total. The highest BCUT2D eigenvalue weighted by Gasteiger charge is 2.14. The molecule has 1 aromatic heterocycles. The zero-order valence-corrected chi connectivity index (χ0v) is 16.3. The van der Waals surface area contributed by atoms with Gasteiger partial charge in [0.15, 0.2) is 0 Å². The Morgan fingerprint density at radius 1 is 0.963 bits per heavy atom. The lowest BCUT2D eigenvalue weighted by Crippen LogP contribution is -2.13. The standard InChI is InChI=1S/C21H23N3O2S/c1-3-17-7-10-20(11-8-17)27(25,26)24-19-9-12-21(23-15-19)22-14-18-6-4-5-16(2)13-18/h4-13,15,24H,3,14H2,1-2H3,(H,22,23). The van der Waals surface area contributed by atoms with Crippen LogP contribution in [0.2, 0.25) is 0 Å². The number of nitrogens with zero attached hydrogens (tertiary/aromatic N) is 1. The number of sulfonamides is 1. The van der Waals surface area contributed by atoms with Crippen LogP contribution in [0, 0.1) is 6.92 Å². The molecule has 0 radical (unpaired) electrons. The average molecular weight is 382 g/mol. The van der Waals surface area contributed by atoms with Crippen molar-refractivity contribution in [3.63, 3.8) is 0 Å². The first-order valence-electron chi connectivity index (χ1n) is 8.83. The van der Waals surface area contributed by atoms with Crippen molar-refractivity contribution >= 4 is 21.5 Å². The van der Waals surface area contributed by atoms with Crippen LogP contribution in [0.1, 0.15) is 23.6 Å². The van der Waals surface area contributed by atoms with Crippen molar-refractivity contribution in [2.45, 2.75) is 31.7 Å². The van der Waals surface area contributed by atoms with E-state index in [0.717, 1.165) is 17.5 Å². The summed E-state index contributed by atoms with van der Waals surface area (Å²) in [5, 5.41) is 3.23. The second-order valence-corrected chi connectivity index (χ2v) is 8.06. The van der Waals surface area contributed by atoms with Gasteiger partial charge in [0.25, 0.3) is 10.0 Å². The first-order valence-corrected chi connectivity index (χ1v) is 10.3. The predicted octanol–water partition coefficient (Wildman–Crippen LogP) is 4.37. The number of rotatable bonds is 7. The monoisotopic (exact) mass is 381 g/mol. The molecule has 0 unspecified atom stereocenters. The van der Waals surface area contributed by atoms with E-state index in [4.69, 9.17) is 0 Å². The maximum atomic E-state index is 12.5. The Morgan fingerprint density at radius 3 is 2.37 bits per heavy atom. The van der Waals surface area contributed by atoms with E-state index >= 15 is 0 Å². The third-order valence-electron chi connectivity index (χ3n) is 4.21. The van der Waals surface area contributed by atoms with Crippen LogP contribution in [0.3, 0.4) is 0 Å². The summed E-state index contributed by atoms with van der Waals surface area (Å²) in [6, 6.07) is 18.6. The van der Waals surface area contributed by atoms with Crippen molar-refractivity contribution in [1.82, 2.24) is 4.98 Å². The van der Waals surface area contributed by atoms with E-state index in [0.29, 0.717) is 18.1 Å². The third-order valence-corrected chi connectivity index (χ3v) is 5.61. The highest BCUT2D eigenvalue weighted by molar-refractivity contribution is 7.92. The molecule has 0 amide bonds. The Kier molecular flexibility index (Phi) is 5.76. The van der Waals surface area contributed by atoms with Gasteiger partial charge in [0.1, 0.15) is 5.82 Å². The van der Waals surface area contributed by atoms with Crippen LogP contribution in [-0.4, -0.2) is 13.4 Å². The van der Waals surface area contributed by atoms with Gasteiger partial charge < -0.3 is 5.32 Å². The minimum atomic E-state index is -3.62. The predicted molar refractivity (Wildman–Crippen MR) is 109 cm³/mol. The fraction of sp³-hybridized carbons (Fsp3) is 0.190. The van der Waals surface area contributed by atoms with Crippen molar-refractivity contribution in [3.05, 3.63) is 83.6 Å². The molecule has 2 aromatic carbocycles. The Morgan fingerprint density at radius 2 is 1.74 bits per heavy atom. The van der Waals surface area contributed by atoms with Gasteiger partial charge in [-0.2, -0.15) is 0 Å². The van der Waals surface area contributed by atoms with Gasteiger partial charge in [-0.15, -0.1) is 0 Å². The Hall–Kier alpha value is -2.86. The van der Waals surface area contributed by atoms with E-state index in [2.05, 4.69) is 34.1 Å². The van der Waals surface area contributed by atoms with Crippen LogP contribution in [0.15, 0.2) is 71.8 Å². The molecule has 0 aliphatic rings. The summed E-state index contributed by atoms with van der Waals surface area (Å²) < 4.78 is 27.5. The summed E-state index contributed by atoms with van der Waals surface area (Å²) in [5.41, 5.74) is 3.89. The highest BCUT2D eigenvalue weighted by Crippen LogP contribution is 2.18. The molecule has 3 aromatic rings. The number of hydrogen-bond acceptors (Lipinski definition) is 4. The second-order valence-electron chi connectivity index (χ2n) is 6.38. The molecule has 0 saturated carbocycles. The lowest BCUT2D eigenvalue weighted by Gasteiger charge is -2.10. The second kappa shape index (κ2) is 8.22.